The molecule has 2 rings (SSSR count). The first-order valence-corrected chi connectivity index (χ1v) is 9.73. The molecule has 0 saturated heterocycles. The van der Waals surface area contributed by atoms with Gasteiger partial charge in [-0.2, -0.15) is 0 Å². The molecule has 3 N–H and O–H groups in total. The second-order valence-corrected chi connectivity index (χ2v) is 7.42. The summed E-state index contributed by atoms with van der Waals surface area (Å²) in [5.74, 6) is 1.26. The molecule has 0 bridgehead atoms. The summed E-state index contributed by atoms with van der Waals surface area (Å²) >= 11 is 1.68. The molecular formula is C17H29N5O2S. The van der Waals surface area contributed by atoms with Crippen molar-refractivity contribution >= 4 is 23.4 Å². The molecule has 7 nitrogen and oxygen atoms in total. The van der Waals surface area contributed by atoms with Crippen molar-refractivity contribution < 1.29 is 9.53 Å². The molecule has 25 heavy (non-hydrogen) atoms. The van der Waals surface area contributed by atoms with Crippen molar-refractivity contribution in [2.45, 2.75) is 53.1 Å². The van der Waals surface area contributed by atoms with Gasteiger partial charge in [-0.1, -0.05) is 0 Å². The van der Waals surface area contributed by atoms with E-state index in [2.05, 4.69) is 32.9 Å². The van der Waals surface area contributed by atoms with E-state index in [4.69, 9.17) is 4.74 Å². The van der Waals surface area contributed by atoms with Crippen LogP contribution in [0.5, 0.6) is 0 Å². The van der Waals surface area contributed by atoms with Gasteiger partial charge in [0.2, 0.25) is 0 Å². The van der Waals surface area contributed by atoms with E-state index < -0.39 is 0 Å². The first-order chi connectivity index (χ1) is 12.0. The Morgan fingerprint density at radius 1 is 1.36 bits per heavy atom. The largest absolute Gasteiger partial charge is 0.450 e. The van der Waals surface area contributed by atoms with Crippen LogP contribution in [0, 0.1) is 19.8 Å². The average molecular weight is 368 g/mol. The highest BCUT2D eigenvalue weighted by Crippen LogP contribution is 2.32. The van der Waals surface area contributed by atoms with Gasteiger partial charge in [0.15, 0.2) is 5.96 Å². The summed E-state index contributed by atoms with van der Waals surface area (Å²) in [5, 5.41) is 10.5. The van der Waals surface area contributed by atoms with E-state index in [9.17, 15) is 4.79 Å². The highest BCUT2D eigenvalue weighted by Gasteiger charge is 2.32. The smallest absolute Gasteiger partial charge is 0.407 e. The van der Waals surface area contributed by atoms with Crippen LogP contribution in [-0.4, -0.2) is 42.8 Å². The van der Waals surface area contributed by atoms with Crippen LogP contribution in [0.3, 0.4) is 0 Å². The molecule has 0 spiro atoms. The van der Waals surface area contributed by atoms with Gasteiger partial charge in [0.25, 0.3) is 0 Å². The molecule has 0 aromatic carbocycles. The van der Waals surface area contributed by atoms with Crippen LogP contribution in [0.4, 0.5) is 4.79 Å². The third-order valence-corrected chi connectivity index (χ3v) is 5.11. The number of nitrogens with zero attached hydrogens (tertiary/aromatic N) is 2. The normalized spacial score (nSPS) is 15.6. The van der Waals surface area contributed by atoms with E-state index in [1.54, 1.807) is 11.3 Å². The van der Waals surface area contributed by atoms with E-state index in [0.29, 0.717) is 25.6 Å². The summed E-state index contributed by atoms with van der Waals surface area (Å²) < 4.78 is 4.99. The lowest BCUT2D eigenvalue weighted by Crippen LogP contribution is -2.48. The van der Waals surface area contributed by atoms with Crippen molar-refractivity contribution in [3.8, 4) is 0 Å². The van der Waals surface area contributed by atoms with E-state index in [-0.39, 0.29) is 12.1 Å². The molecule has 1 aliphatic carbocycles. The number of aromatic nitrogens is 1. The van der Waals surface area contributed by atoms with Crippen LogP contribution in [0.1, 0.15) is 42.3 Å². The van der Waals surface area contributed by atoms with Gasteiger partial charge in [-0.15, -0.1) is 11.3 Å². The SMILES string of the molecule is CCNC(=NCc1nc(C)c(C)s1)NCC(NC(=O)OCC)C1CC1. The number of ether oxygens (including phenoxy) is 1. The van der Waals surface area contributed by atoms with Gasteiger partial charge < -0.3 is 20.7 Å². The van der Waals surface area contributed by atoms with Crippen molar-refractivity contribution in [2.24, 2.45) is 10.9 Å². The Morgan fingerprint density at radius 2 is 2.12 bits per heavy atom. The van der Waals surface area contributed by atoms with Crippen LogP contribution in [0.2, 0.25) is 0 Å². The minimum atomic E-state index is -0.350. The summed E-state index contributed by atoms with van der Waals surface area (Å²) in [6.45, 7) is 10.3. The molecule has 140 valence electrons. The van der Waals surface area contributed by atoms with Gasteiger partial charge in [-0.3, -0.25) is 0 Å². The quantitative estimate of drug-likeness (QED) is 0.485. The monoisotopic (exact) mass is 367 g/mol. The Labute approximate surface area is 153 Å². The fraction of sp³-hybridized carbons (Fsp3) is 0.706. The molecule has 1 saturated carbocycles. The second kappa shape index (κ2) is 9.60. The predicted molar refractivity (Wildman–Crippen MR) is 101 cm³/mol. The molecule has 8 heteroatoms. The molecule has 1 heterocycles. The fourth-order valence-corrected chi connectivity index (χ4v) is 3.32. The van der Waals surface area contributed by atoms with Crippen LogP contribution in [-0.2, 0) is 11.3 Å². The molecule has 0 aliphatic heterocycles. The Balaban J connectivity index is 1.90. The number of thiazole rings is 1. The first kappa shape index (κ1) is 19.5. The number of carbonyl (C=O) groups excluding carboxylic acids is 1. The molecule has 1 aromatic heterocycles. The lowest BCUT2D eigenvalue weighted by atomic mass is 10.2. The zero-order valence-corrected chi connectivity index (χ0v) is 16.3. The van der Waals surface area contributed by atoms with Crippen LogP contribution in [0.15, 0.2) is 4.99 Å². The average Bonchev–Trinajstić information content (AvgIpc) is 3.35. The number of nitrogens with one attached hydrogen (secondary N) is 3. The van der Waals surface area contributed by atoms with E-state index >= 15 is 0 Å². The summed E-state index contributed by atoms with van der Waals surface area (Å²) in [5.41, 5.74) is 1.07. The van der Waals surface area contributed by atoms with Crippen LogP contribution in [0.25, 0.3) is 0 Å². The highest BCUT2D eigenvalue weighted by atomic mass is 32.1. The number of alkyl carbamates (subject to hydrolysis) is 1. The molecule has 1 atom stereocenters. The van der Waals surface area contributed by atoms with Crippen LogP contribution >= 0.6 is 11.3 Å². The summed E-state index contributed by atoms with van der Waals surface area (Å²) in [4.78, 5) is 22.0. The van der Waals surface area contributed by atoms with Crippen molar-refractivity contribution in [3.63, 3.8) is 0 Å². The number of rotatable bonds is 8. The number of carbonyl (C=O) groups is 1. The Morgan fingerprint density at radius 3 is 2.68 bits per heavy atom. The van der Waals surface area contributed by atoms with Gasteiger partial charge in [-0.05, 0) is 46.5 Å². The molecule has 1 unspecified atom stereocenters. The zero-order chi connectivity index (χ0) is 18.2. The van der Waals surface area contributed by atoms with E-state index in [0.717, 1.165) is 36.0 Å². The highest BCUT2D eigenvalue weighted by molar-refractivity contribution is 7.11. The Kier molecular flexibility index (Phi) is 7.49. The molecular weight excluding hydrogens is 338 g/mol. The minimum absolute atomic E-state index is 0.0623. The lowest BCUT2D eigenvalue weighted by Gasteiger charge is -2.20. The number of hydrogen-bond donors (Lipinski definition) is 3. The number of aliphatic imine (C=N–C) groups is 1. The lowest BCUT2D eigenvalue weighted by molar-refractivity contribution is 0.146. The first-order valence-electron chi connectivity index (χ1n) is 8.91. The van der Waals surface area contributed by atoms with Gasteiger partial charge in [0.05, 0.1) is 24.9 Å². The van der Waals surface area contributed by atoms with Gasteiger partial charge in [0.1, 0.15) is 5.01 Å². The van der Waals surface area contributed by atoms with Gasteiger partial charge in [-0.25, -0.2) is 14.8 Å². The molecule has 0 radical (unpaired) electrons. The van der Waals surface area contributed by atoms with Crippen molar-refractivity contribution in [2.75, 3.05) is 19.7 Å². The van der Waals surface area contributed by atoms with Gasteiger partial charge in [0, 0.05) is 18.0 Å². The number of amides is 1. The molecule has 1 aliphatic rings. The number of guanidine groups is 1. The maximum Gasteiger partial charge on any atom is 0.407 e. The molecule has 1 fully saturated rings. The third kappa shape index (κ3) is 6.53. The third-order valence-electron chi connectivity index (χ3n) is 4.05. The number of aryl methyl sites for hydroxylation is 2. The Hall–Kier alpha value is -1.83. The van der Waals surface area contributed by atoms with Crippen molar-refractivity contribution in [1.82, 2.24) is 20.9 Å². The van der Waals surface area contributed by atoms with E-state index in [1.807, 2.05) is 20.8 Å². The topological polar surface area (TPSA) is 87.6 Å². The van der Waals surface area contributed by atoms with E-state index in [1.165, 1.54) is 4.88 Å². The maximum absolute atomic E-state index is 11.7. The second-order valence-electron chi connectivity index (χ2n) is 6.13. The Bertz CT molecular complexity index is 578. The summed E-state index contributed by atoms with van der Waals surface area (Å²) in [7, 11) is 0. The summed E-state index contributed by atoms with van der Waals surface area (Å²) in [6, 6.07) is 0.0623. The molecule has 1 amide bonds. The zero-order valence-electron chi connectivity index (χ0n) is 15.5. The fourth-order valence-electron chi connectivity index (χ4n) is 2.46. The maximum atomic E-state index is 11.7. The summed E-state index contributed by atoms with van der Waals surface area (Å²) in [6.07, 6.45) is 1.94. The number of hydrogen-bond acceptors (Lipinski definition) is 5. The standard InChI is InChI=1S/C17H29N5O2S/c1-5-18-16(20-10-15-21-11(3)12(4)25-15)19-9-14(13-7-8-13)22-17(23)24-6-2/h13-14H,5-10H2,1-4H3,(H,22,23)(H2,18,19,20). The molecule has 1 aromatic rings. The van der Waals surface area contributed by atoms with Crippen molar-refractivity contribution in [1.29, 1.82) is 0 Å². The minimum Gasteiger partial charge on any atom is -0.450 e. The van der Waals surface area contributed by atoms with Crippen molar-refractivity contribution in [3.05, 3.63) is 15.6 Å². The van der Waals surface area contributed by atoms with Gasteiger partial charge >= 0.3 is 6.09 Å². The van der Waals surface area contributed by atoms with Crippen LogP contribution < -0.4 is 16.0 Å². The predicted octanol–water partition coefficient (Wildman–Crippen LogP) is 2.34.